The summed E-state index contributed by atoms with van der Waals surface area (Å²) < 4.78 is 45.1. The van der Waals surface area contributed by atoms with Crippen molar-refractivity contribution in [2.75, 3.05) is 5.32 Å². The Labute approximate surface area is 172 Å². The Hall–Kier alpha value is -3.88. The van der Waals surface area contributed by atoms with E-state index >= 15 is 0 Å². The number of fused-ring (bicyclic) bond motifs is 3. The van der Waals surface area contributed by atoms with Gasteiger partial charge in [-0.25, -0.2) is 18.0 Å². The van der Waals surface area contributed by atoms with E-state index in [4.69, 9.17) is 0 Å². The van der Waals surface area contributed by atoms with Crippen LogP contribution in [0.25, 0.3) is 5.70 Å². The summed E-state index contributed by atoms with van der Waals surface area (Å²) in [6.07, 6.45) is 0. The molecule has 0 spiro atoms. The van der Waals surface area contributed by atoms with Crippen LogP contribution < -0.4 is 16.6 Å². The predicted molar refractivity (Wildman–Crippen MR) is 106 cm³/mol. The lowest BCUT2D eigenvalue weighted by Gasteiger charge is -2.29. The molecule has 6 nitrogen and oxygen atoms in total. The molecule has 156 valence electrons. The van der Waals surface area contributed by atoms with Gasteiger partial charge >= 0.3 is 5.69 Å². The summed E-state index contributed by atoms with van der Waals surface area (Å²) in [4.78, 5) is 38.8. The minimum absolute atomic E-state index is 0.00616. The number of allylic oxidation sites excluding steroid dienone is 1. The van der Waals surface area contributed by atoms with E-state index in [1.54, 1.807) is 24.3 Å². The number of anilines is 1. The summed E-state index contributed by atoms with van der Waals surface area (Å²) in [5, 5.41) is 2.97. The third-order valence-corrected chi connectivity index (χ3v) is 5.81. The van der Waals surface area contributed by atoms with Gasteiger partial charge in [-0.15, -0.1) is 0 Å². The monoisotopic (exact) mass is 425 g/mol. The average Bonchev–Trinajstić information content (AvgIpc) is 3.04. The van der Waals surface area contributed by atoms with Gasteiger partial charge in [0.15, 0.2) is 17.4 Å². The third-order valence-electron chi connectivity index (χ3n) is 5.81. The second-order valence-electron chi connectivity index (χ2n) is 7.48. The molecule has 2 aromatic carbocycles. The number of carbonyl (C=O) groups is 1. The molecule has 5 rings (SSSR count). The fraction of sp³-hybridized carbons (Fsp3) is 0.136. The van der Waals surface area contributed by atoms with Crippen LogP contribution in [0.15, 0.2) is 51.6 Å². The molecule has 9 heteroatoms. The molecule has 2 aliphatic rings. The van der Waals surface area contributed by atoms with Gasteiger partial charge in [0, 0.05) is 42.4 Å². The van der Waals surface area contributed by atoms with Crippen molar-refractivity contribution in [1.29, 1.82) is 0 Å². The van der Waals surface area contributed by atoms with E-state index in [9.17, 15) is 27.6 Å². The van der Waals surface area contributed by atoms with Gasteiger partial charge in [0.1, 0.15) is 11.6 Å². The Balaban J connectivity index is 1.94. The van der Waals surface area contributed by atoms with Crippen LogP contribution in [0.3, 0.4) is 0 Å². The second kappa shape index (κ2) is 6.31. The standard InChI is InChI=1S/C22H14F3N3O3/c1-27-20-16(21(30)28(2)22(27)31)14(12-7-9(23)8-13(24)17(12)25)15-18(26-20)10-5-3-4-6-11(10)19(15)29/h3-8,14,26H,1-2H3. The van der Waals surface area contributed by atoms with Crippen LogP contribution in [0.2, 0.25) is 0 Å². The molecule has 1 unspecified atom stereocenters. The Kier molecular flexibility index (Phi) is 3.89. The van der Waals surface area contributed by atoms with Gasteiger partial charge in [0.05, 0.1) is 17.2 Å². The first-order valence-corrected chi connectivity index (χ1v) is 9.32. The number of halogens is 3. The van der Waals surface area contributed by atoms with Gasteiger partial charge < -0.3 is 5.32 Å². The van der Waals surface area contributed by atoms with Crippen LogP contribution in [-0.2, 0) is 14.1 Å². The third kappa shape index (κ3) is 2.43. The number of hydrogen-bond donors (Lipinski definition) is 1. The molecular formula is C22H14F3N3O3. The number of rotatable bonds is 1. The molecule has 0 radical (unpaired) electrons. The lowest BCUT2D eigenvalue weighted by molar-refractivity contribution is 0.103. The van der Waals surface area contributed by atoms with E-state index in [0.717, 1.165) is 15.2 Å². The molecule has 1 aliphatic heterocycles. The molecule has 1 aliphatic carbocycles. The first-order chi connectivity index (χ1) is 14.7. The molecule has 0 amide bonds. The first kappa shape index (κ1) is 19.1. The summed E-state index contributed by atoms with van der Waals surface area (Å²) >= 11 is 0. The van der Waals surface area contributed by atoms with Crippen LogP contribution in [-0.4, -0.2) is 14.9 Å². The van der Waals surface area contributed by atoms with Crippen molar-refractivity contribution < 1.29 is 18.0 Å². The molecule has 1 aromatic heterocycles. The molecular weight excluding hydrogens is 411 g/mol. The maximum Gasteiger partial charge on any atom is 0.332 e. The topological polar surface area (TPSA) is 73.1 Å². The highest BCUT2D eigenvalue weighted by Crippen LogP contribution is 2.48. The zero-order valence-electron chi connectivity index (χ0n) is 16.3. The maximum absolute atomic E-state index is 14.9. The molecule has 1 atom stereocenters. The minimum atomic E-state index is -1.44. The molecule has 0 saturated carbocycles. The second-order valence-corrected chi connectivity index (χ2v) is 7.48. The Morgan fingerprint density at radius 1 is 0.935 bits per heavy atom. The zero-order valence-corrected chi connectivity index (χ0v) is 16.3. The van der Waals surface area contributed by atoms with Crippen LogP contribution in [0.5, 0.6) is 0 Å². The first-order valence-electron chi connectivity index (χ1n) is 9.32. The van der Waals surface area contributed by atoms with Crippen molar-refractivity contribution in [2.45, 2.75) is 5.92 Å². The predicted octanol–water partition coefficient (Wildman–Crippen LogP) is 2.67. The molecule has 31 heavy (non-hydrogen) atoms. The zero-order chi connectivity index (χ0) is 22.2. The lowest BCUT2D eigenvalue weighted by atomic mass is 9.81. The number of benzene rings is 2. The number of ketones is 1. The average molecular weight is 425 g/mol. The van der Waals surface area contributed by atoms with E-state index in [1.807, 2.05) is 0 Å². The van der Waals surface area contributed by atoms with Crippen molar-refractivity contribution in [3.8, 4) is 0 Å². The number of hydrogen-bond acceptors (Lipinski definition) is 4. The summed E-state index contributed by atoms with van der Waals surface area (Å²) in [6.45, 7) is 0. The van der Waals surface area contributed by atoms with E-state index in [-0.39, 0.29) is 22.7 Å². The molecule has 0 bridgehead atoms. The maximum atomic E-state index is 14.9. The quantitative estimate of drug-likeness (QED) is 0.609. The van der Waals surface area contributed by atoms with E-state index < -0.39 is 46.0 Å². The highest BCUT2D eigenvalue weighted by atomic mass is 19.2. The number of Topliss-reactive ketones (excluding diaryl/α,β-unsaturated/α-hetero) is 1. The van der Waals surface area contributed by atoms with Crippen LogP contribution in [0.1, 0.15) is 33.0 Å². The van der Waals surface area contributed by atoms with Crippen molar-refractivity contribution in [3.05, 3.63) is 103 Å². The SMILES string of the molecule is Cn1c2c(c(=O)n(C)c1=O)C(c1cc(F)cc(F)c1F)C1=C(N2)c2ccccc2C1=O. The van der Waals surface area contributed by atoms with Gasteiger partial charge in [-0.2, -0.15) is 0 Å². The summed E-state index contributed by atoms with van der Waals surface area (Å²) in [5.41, 5.74) is -1.03. The number of carbonyl (C=O) groups excluding carboxylic acids is 1. The van der Waals surface area contributed by atoms with Crippen LogP contribution in [0, 0.1) is 17.5 Å². The molecule has 0 fully saturated rings. The van der Waals surface area contributed by atoms with E-state index in [1.165, 1.54) is 14.1 Å². The number of nitrogens with zero attached hydrogens (tertiary/aromatic N) is 2. The highest BCUT2D eigenvalue weighted by Gasteiger charge is 2.44. The lowest BCUT2D eigenvalue weighted by Crippen LogP contribution is -2.43. The normalized spacial score (nSPS) is 16.7. The molecule has 3 aromatic rings. The summed E-state index contributed by atoms with van der Waals surface area (Å²) in [7, 11) is 2.64. The fourth-order valence-corrected chi connectivity index (χ4v) is 4.35. The van der Waals surface area contributed by atoms with Gasteiger partial charge in [-0.3, -0.25) is 18.7 Å². The van der Waals surface area contributed by atoms with Crippen LogP contribution >= 0.6 is 0 Å². The van der Waals surface area contributed by atoms with Crippen LogP contribution in [0.4, 0.5) is 19.0 Å². The summed E-state index contributed by atoms with van der Waals surface area (Å²) in [6, 6.07) is 7.73. The molecule has 0 saturated heterocycles. The number of aromatic nitrogens is 2. The smallest absolute Gasteiger partial charge is 0.332 e. The Morgan fingerprint density at radius 2 is 1.61 bits per heavy atom. The van der Waals surface area contributed by atoms with E-state index in [0.29, 0.717) is 17.2 Å². The molecule has 2 heterocycles. The van der Waals surface area contributed by atoms with Gasteiger partial charge in [0.25, 0.3) is 5.56 Å². The highest BCUT2D eigenvalue weighted by molar-refractivity contribution is 6.23. The summed E-state index contributed by atoms with van der Waals surface area (Å²) in [5.74, 6) is -5.74. The molecule has 1 N–H and O–H groups in total. The van der Waals surface area contributed by atoms with Crippen molar-refractivity contribution >= 4 is 17.3 Å². The van der Waals surface area contributed by atoms with Gasteiger partial charge in [-0.05, 0) is 6.07 Å². The van der Waals surface area contributed by atoms with Gasteiger partial charge in [0.2, 0.25) is 0 Å². The van der Waals surface area contributed by atoms with Gasteiger partial charge in [-0.1, -0.05) is 24.3 Å². The van der Waals surface area contributed by atoms with E-state index in [2.05, 4.69) is 5.32 Å². The van der Waals surface area contributed by atoms with Crippen molar-refractivity contribution in [3.63, 3.8) is 0 Å². The van der Waals surface area contributed by atoms with Crippen molar-refractivity contribution in [2.24, 2.45) is 14.1 Å². The fourth-order valence-electron chi connectivity index (χ4n) is 4.35. The van der Waals surface area contributed by atoms with Crippen molar-refractivity contribution in [1.82, 2.24) is 9.13 Å². The Bertz CT molecular complexity index is 1480. The minimum Gasteiger partial charge on any atom is -0.340 e. The number of nitrogens with one attached hydrogen (secondary N) is 1. The Morgan fingerprint density at radius 3 is 2.32 bits per heavy atom. The largest absolute Gasteiger partial charge is 0.340 e.